The lowest BCUT2D eigenvalue weighted by Gasteiger charge is -2.02. The van der Waals surface area contributed by atoms with E-state index in [9.17, 15) is 0 Å². The van der Waals surface area contributed by atoms with Crippen LogP contribution in [0.1, 0.15) is 13.8 Å². The molecule has 0 saturated heterocycles. The van der Waals surface area contributed by atoms with Crippen molar-refractivity contribution in [3.05, 3.63) is 34.6 Å². The van der Waals surface area contributed by atoms with Gasteiger partial charge in [0.1, 0.15) is 0 Å². The summed E-state index contributed by atoms with van der Waals surface area (Å²) in [5.41, 5.74) is 2.35. The normalized spacial score (nSPS) is 9.46. The Hall–Kier alpha value is -0.830. The molecule has 70 valence electrons. The molecule has 0 atom stereocenters. The van der Waals surface area contributed by atoms with Crippen molar-refractivity contribution in [2.75, 3.05) is 11.9 Å². The Bertz CT molecular complexity index is 304. The summed E-state index contributed by atoms with van der Waals surface area (Å²) in [7, 11) is 0. The molecule has 1 aromatic rings. The Morgan fingerprint density at radius 3 is 2.92 bits per heavy atom. The predicted molar refractivity (Wildman–Crippen MR) is 59.9 cm³/mol. The first-order valence-corrected chi connectivity index (χ1v) is 4.95. The molecule has 0 aliphatic rings. The van der Waals surface area contributed by atoms with Crippen molar-refractivity contribution in [1.29, 1.82) is 0 Å². The van der Waals surface area contributed by atoms with Crippen LogP contribution in [0, 0.1) is 0 Å². The molecule has 0 unspecified atom stereocenters. The van der Waals surface area contributed by atoms with Crippen molar-refractivity contribution in [3.63, 3.8) is 0 Å². The number of nitrogens with one attached hydrogen (secondary N) is 1. The molecule has 1 N–H and O–H groups in total. The lowest BCUT2D eigenvalue weighted by Crippen LogP contribution is -1.98. The fraction of sp³-hybridized carbons (Fsp3) is 0.300. The molecule has 1 heterocycles. The number of pyridine rings is 1. The van der Waals surface area contributed by atoms with E-state index in [0.717, 1.165) is 16.7 Å². The molecule has 0 saturated carbocycles. The number of hydrogen-bond acceptors (Lipinski definition) is 2. The first-order valence-electron chi connectivity index (χ1n) is 4.16. The number of hydrogen-bond donors (Lipinski definition) is 1. The second-order valence-corrected chi connectivity index (χ2v) is 3.97. The van der Waals surface area contributed by atoms with E-state index in [1.165, 1.54) is 5.57 Å². The molecule has 0 bridgehead atoms. The van der Waals surface area contributed by atoms with Crippen molar-refractivity contribution < 1.29 is 0 Å². The van der Waals surface area contributed by atoms with Crippen molar-refractivity contribution in [2.24, 2.45) is 0 Å². The average Bonchev–Trinajstić information content (AvgIpc) is 2.03. The van der Waals surface area contributed by atoms with E-state index in [2.05, 4.69) is 46.2 Å². The predicted octanol–water partition coefficient (Wildman–Crippen LogP) is 3.22. The van der Waals surface area contributed by atoms with Gasteiger partial charge in [-0.05, 0) is 35.8 Å². The summed E-state index contributed by atoms with van der Waals surface area (Å²) in [5, 5.41) is 3.25. The zero-order chi connectivity index (χ0) is 9.68. The number of anilines is 1. The fourth-order valence-corrected chi connectivity index (χ4v) is 1.25. The number of allylic oxidation sites excluding steroid dienone is 1. The third kappa shape index (κ3) is 4.08. The largest absolute Gasteiger partial charge is 0.380 e. The Morgan fingerprint density at radius 1 is 1.54 bits per heavy atom. The van der Waals surface area contributed by atoms with Crippen LogP contribution in [0.3, 0.4) is 0 Å². The summed E-state index contributed by atoms with van der Waals surface area (Å²) in [6.07, 6.45) is 5.72. The average molecular weight is 241 g/mol. The van der Waals surface area contributed by atoms with Crippen LogP contribution in [-0.4, -0.2) is 11.5 Å². The first-order chi connectivity index (χ1) is 6.18. The molecule has 1 rings (SSSR count). The maximum absolute atomic E-state index is 4.05. The van der Waals surface area contributed by atoms with Crippen LogP contribution in [0.5, 0.6) is 0 Å². The summed E-state index contributed by atoms with van der Waals surface area (Å²) in [4.78, 5) is 4.05. The molecule has 0 aromatic carbocycles. The van der Waals surface area contributed by atoms with Gasteiger partial charge < -0.3 is 5.32 Å². The van der Waals surface area contributed by atoms with Crippen molar-refractivity contribution >= 4 is 21.6 Å². The summed E-state index contributed by atoms with van der Waals surface area (Å²) in [5.74, 6) is 0. The van der Waals surface area contributed by atoms with E-state index in [-0.39, 0.29) is 0 Å². The maximum Gasteiger partial charge on any atom is 0.0540 e. The van der Waals surface area contributed by atoms with Gasteiger partial charge >= 0.3 is 0 Å². The molecule has 0 amide bonds. The van der Waals surface area contributed by atoms with Crippen LogP contribution in [0.15, 0.2) is 34.6 Å². The Balaban J connectivity index is 2.50. The lowest BCUT2D eigenvalue weighted by atomic mass is 10.3. The molecular formula is C10H13BrN2. The highest BCUT2D eigenvalue weighted by molar-refractivity contribution is 9.10. The summed E-state index contributed by atoms with van der Waals surface area (Å²) >= 11 is 3.37. The SMILES string of the molecule is CC(C)=CCNc1cncc(Br)c1. The zero-order valence-electron chi connectivity index (χ0n) is 7.84. The minimum Gasteiger partial charge on any atom is -0.380 e. The van der Waals surface area contributed by atoms with Crippen LogP contribution in [0.4, 0.5) is 5.69 Å². The molecule has 2 nitrogen and oxygen atoms in total. The molecule has 0 aliphatic heterocycles. The van der Waals surface area contributed by atoms with Crippen LogP contribution in [0.25, 0.3) is 0 Å². The molecule has 13 heavy (non-hydrogen) atoms. The quantitative estimate of drug-likeness (QED) is 0.822. The third-order valence-corrected chi connectivity index (χ3v) is 1.96. The van der Waals surface area contributed by atoms with E-state index in [4.69, 9.17) is 0 Å². The van der Waals surface area contributed by atoms with Gasteiger partial charge in [0, 0.05) is 17.2 Å². The van der Waals surface area contributed by atoms with E-state index in [1.54, 1.807) is 6.20 Å². The second-order valence-electron chi connectivity index (χ2n) is 3.05. The number of rotatable bonds is 3. The Morgan fingerprint density at radius 2 is 2.31 bits per heavy atom. The van der Waals surface area contributed by atoms with Crippen molar-refractivity contribution in [1.82, 2.24) is 4.98 Å². The standard InChI is InChI=1S/C10H13BrN2/c1-8(2)3-4-13-10-5-9(11)6-12-7-10/h3,5-7,13H,4H2,1-2H3. The van der Waals surface area contributed by atoms with Gasteiger partial charge in [0.15, 0.2) is 0 Å². The molecule has 0 aliphatic carbocycles. The van der Waals surface area contributed by atoms with Gasteiger partial charge in [-0.15, -0.1) is 0 Å². The zero-order valence-corrected chi connectivity index (χ0v) is 9.43. The van der Waals surface area contributed by atoms with Gasteiger partial charge in [-0.25, -0.2) is 0 Å². The first kappa shape index (κ1) is 10.3. The summed E-state index contributed by atoms with van der Waals surface area (Å²) < 4.78 is 0.995. The maximum atomic E-state index is 4.05. The van der Waals surface area contributed by atoms with Gasteiger partial charge in [-0.3, -0.25) is 4.98 Å². The Kier molecular flexibility index (Phi) is 3.96. The van der Waals surface area contributed by atoms with E-state index < -0.39 is 0 Å². The molecular weight excluding hydrogens is 228 g/mol. The van der Waals surface area contributed by atoms with Gasteiger partial charge in [0.05, 0.1) is 11.9 Å². The smallest absolute Gasteiger partial charge is 0.0540 e. The van der Waals surface area contributed by atoms with Gasteiger partial charge in [-0.1, -0.05) is 11.6 Å². The number of aromatic nitrogens is 1. The summed E-state index contributed by atoms with van der Waals surface area (Å²) in [6, 6.07) is 2.01. The topological polar surface area (TPSA) is 24.9 Å². The minimum absolute atomic E-state index is 0.848. The van der Waals surface area contributed by atoms with E-state index >= 15 is 0 Å². The summed E-state index contributed by atoms with van der Waals surface area (Å²) in [6.45, 7) is 5.02. The van der Waals surface area contributed by atoms with Crippen LogP contribution in [-0.2, 0) is 0 Å². The lowest BCUT2D eigenvalue weighted by molar-refractivity contribution is 1.23. The molecule has 3 heteroatoms. The highest BCUT2D eigenvalue weighted by Crippen LogP contribution is 2.13. The van der Waals surface area contributed by atoms with E-state index in [0.29, 0.717) is 0 Å². The van der Waals surface area contributed by atoms with Crippen molar-refractivity contribution in [3.8, 4) is 0 Å². The Labute approximate surface area is 87.2 Å². The van der Waals surface area contributed by atoms with Gasteiger partial charge in [0.2, 0.25) is 0 Å². The van der Waals surface area contributed by atoms with Crippen molar-refractivity contribution in [2.45, 2.75) is 13.8 Å². The van der Waals surface area contributed by atoms with Gasteiger partial charge in [-0.2, -0.15) is 0 Å². The van der Waals surface area contributed by atoms with Crippen LogP contribution >= 0.6 is 15.9 Å². The molecule has 0 fully saturated rings. The molecule has 0 radical (unpaired) electrons. The minimum atomic E-state index is 0.848. The monoisotopic (exact) mass is 240 g/mol. The number of nitrogens with zero attached hydrogens (tertiary/aromatic N) is 1. The van der Waals surface area contributed by atoms with Crippen LogP contribution in [0.2, 0.25) is 0 Å². The van der Waals surface area contributed by atoms with E-state index in [1.807, 2.05) is 12.3 Å². The second kappa shape index (κ2) is 5.02. The van der Waals surface area contributed by atoms with Gasteiger partial charge in [0.25, 0.3) is 0 Å². The third-order valence-electron chi connectivity index (χ3n) is 1.52. The highest BCUT2D eigenvalue weighted by atomic mass is 79.9. The van der Waals surface area contributed by atoms with Crippen LogP contribution < -0.4 is 5.32 Å². The number of halogens is 1. The molecule has 0 spiro atoms. The highest BCUT2D eigenvalue weighted by Gasteiger charge is 1.91. The fourth-order valence-electron chi connectivity index (χ4n) is 0.882. The molecule has 1 aromatic heterocycles.